The largest absolute Gasteiger partial charge is 0.478 e. The molecule has 2 aromatic rings. The first kappa shape index (κ1) is 12.3. The van der Waals surface area contributed by atoms with Crippen LogP contribution < -0.4 is 10.5 Å². The van der Waals surface area contributed by atoms with Crippen LogP contribution in [-0.2, 0) is 0 Å². The maximum absolute atomic E-state index is 8.70. The zero-order valence-corrected chi connectivity index (χ0v) is 9.89. The normalized spacial score (nSPS) is 10.5. The van der Waals surface area contributed by atoms with Crippen molar-refractivity contribution < 1.29 is 9.84 Å². The number of nitrogen functional groups attached to an aromatic ring is 1. The standard InChI is InChI=1S/C13H15N3O2/c14-13(15)10-8-12(18-7-3-6-17)16-11-5-2-1-4-9(10)11/h1-2,4-5,8,17H,3,6-7H2,(H3,14,15). The Bertz CT molecular complexity index is 569. The van der Waals surface area contributed by atoms with E-state index in [0.29, 0.717) is 24.5 Å². The van der Waals surface area contributed by atoms with Crippen LogP contribution in [0, 0.1) is 5.41 Å². The van der Waals surface area contributed by atoms with E-state index in [2.05, 4.69) is 4.98 Å². The molecule has 0 saturated carbocycles. The number of fused-ring (bicyclic) bond motifs is 1. The second-order valence-corrected chi connectivity index (χ2v) is 3.86. The molecule has 4 N–H and O–H groups in total. The van der Waals surface area contributed by atoms with Gasteiger partial charge in [0.15, 0.2) is 0 Å². The van der Waals surface area contributed by atoms with Gasteiger partial charge in [-0.2, -0.15) is 0 Å². The summed E-state index contributed by atoms with van der Waals surface area (Å²) >= 11 is 0. The van der Waals surface area contributed by atoms with Gasteiger partial charge in [0.05, 0.1) is 12.1 Å². The molecule has 1 heterocycles. The maximum Gasteiger partial charge on any atom is 0.214 e. The number of rotatable bonds is 5. The van der Waals surface area contributed by atoms with E-state index < -0.39 is 0 Å². The van der Waals surface area contributed by atoms with Crippen LogP contribution in [0.2, 0.25) is 0 Å². The number of aliphatic hydroxyl groups excluding tert-OH is 1. The van der Waals surface area contributed by atoms with Crippen molar-refractivity contribution in [3.63, 3.8) is 0 Å². The summed E-state index contributed by atoms with van der Waals surface area (Å²) in [5.41, 5.74) is 6.91. The van der Waals surface area contributed by atoms with Gasteiger partial charge in [-0.3, -0.25) is 5.41 Å². The fraction of sp³-hybridized carbons (Fsp3) is 0.231. The lowest BCUT2D eigenvalue weighted by molar-refractivity contribution is 0.229. The molecule has 0 bridgehead atoms. The summed E-state index contributed by atoms with van der Waals surface area (Å²) in [5, 5.41) is 17.1. The molecule has 0 atom stereocenters. The van der Waals surface area contributed by atoms with Crippen molar-refractivity contribution in [3.05, 3.63) is 35.9 Å². The van der Waals surface area contributed by atoms with Crippen LogP contribution >= 0.6 is 0 Å². The van der Waals surface area contributed by atoms with E-state index in [-0.39, 0.29) is 12.4 Å². The van der Waals surface area contributed by atoms with E-state index in [1.54, 1.807) is 6.07 Å². The summed E-state index contributed by atoms with van der Waals surface area (Å²) in [6, 6.07) is 9.12. The van der Waals surface area contributed by atoms with Crippen molar-refractivity contribution in [2.75, 3.05) is 13.2 Å². The third-order valence-electron chi connectivity index (χ3n) is 2.54. The number of ether oxygens (including phenoxy) is 1. The van der Waals surface area contributed by atoms with Gasteiger partial charge in [0.1, 0.15) is 5.84 Å². The molecule has 18 heavy (non-hydrogen) atoms. The Hall–Kier alpha value is -2.14. The van der Waals surface area contributed by atoms with Crippen LogP contribution in [0.4, 0.5) is 0 Å². The molecule has 0 spiro atoms. The van der Waals surface area contributed by atoms with E-state index in [1.165, 1.54) is 0 Å². The molecule has 0 aliphatic heterocycles. The molecular formula is C13H15N3O2. The first-order chi connectivity index (χ1) is 8.72. The minimum atomic E-state index is -0.0133. The molecule has 5 nitrogen and oxygen atoms in total. The average Bonchev–Trinajstić information content (AvgIpc) is 2.38. The van der Waals surface area contributed by atoms with Gasteiger partial charge in [-0.15, -0.1) is 0 Å². The number of nitrogens with two attached hydrogens (primary N) is 1. The number of pyridine rings is 1. The van der Waals surface area contributed by atoms with E-state index in [1.807, 2.05) is 24.3 Å². The fourth-order valence-corrected chi connectivity index (χ4v) is 1.69. The summed E-state index contributed by atoms with van der Waals surface area (Å²) < 4.78 is 5.42. The Kier molecular flexibility index (Phi) is 3.74. The lowest BCUT2D eigenvalue weighted by Gasteiger charge is -2.09. The molecular weight excluding hydrogens is 230 g/mol. The molecule has 0 aliphatic carbocycles. The quantitative estimate of drug-likeness (QED) is 0.420. The molecule has 0 amide bonds. The fourth-order valence-electron chi connectivity index (χ4n) is 1.69. The second-order valence-electron chi connectivity index (χ2n) is 3.86. The van der Waals surface area contributed by atoms with Crippen molar-refractivity contribution in [2.24, 2.45) is 5.73 Å². The third kappa shape index (κ3) is 2.57. The molecule has 0 unspecified atom stereocenters. The lowest BCUT2D eigenvalue weighted by Crippen LogP contribution is -2.12. The van der Waals surface area contributed by atoms with Gasteiger partial charge in [0.25, 0.3) is 0 Å². The highest BCUT2D eigenvalue weighted by Gasteiger charge is 2.08. The molecule has 2 rings (SSSR count). The Morgan fingerprint density at radius 1 is 1.39 bits per heavy atom. The van der Waals surface area contributed by atoms with Crippen LogP contribution in [0.5, 0.6) is 5.88 Å². The number of hydrogen-bond donors (Lipinski definition) is 3. The number of nitrogens with one attached hydrogen (secondary N) is 1. The molecule has 0 aliphatic rings. The van der Waals surface area contributed by atoms with Crippen LogP contribution in [0.3, 0.4) is 0 Å². The minimum absolute atomic E-state index is 0.0133. The number of benzene rings is 1. The van der Waals surface area contributed by atoms with Gasteiger partial charge in [-0.1, -0.05) is 18.2 Å². The average molecular weight is 245 g/mol. The Morgan fingerprint density at radius 2 is 2.17 bits per heavy atom. The predicted molar refractivity (Wildman–Crippen MR) is 70.0 cm³/mol. The predicted octanol–water partition coefficient (Wildman–Crippen LogP) is 1.28. The highest BCUT2D eigenvalue weighted by atomic mass is 16.5. The molecule has 0 fully saturated rings. The van der Waals surface area contributed by atoms with Crippen LogP contribution in [0.1, 0.15) is 12.0 Å². The molecule has 0 saturated heterocycles. The number of para-hydroxylation sites is 1. The van der Waals surface area contributed by atoms with Crippen molar-refractivity contribution >= 4 is 16.7 Å². The van der Waals surface area contributed by atoms with E-state index in [0.717, 1.165) is 10.9 Å². The van der Waals surface area contributed by atoms with Gasteiger partial charge in [-0.25, -0.2) is 4.98 Å². The van der Waals surface area contributed by atoms with E-state index in [4.69, 9.17) is 21.0 Å². The molecule has 0 radical (unpaired) electrons. The minimum Gasteiger partial charge on any atom is -0.478 e. The van der Waals surface area contributed by atoms with E-state index in [9.17, 15) is 0 Å². The SMILES string of the molecule is N=C(N)c1cc(OCCCO)nc2ccccc12. The summed E-state index contributed by atoms with van der Waals surface area (Å²) in [4.78, 5) is 4.33. The molecule has 5 heteroatoms. The monoisotopic (exact) mass is 245 g/mol. The number of aliphatic hydroxyl groups is 1. The number of nitrogens with zero attached hydrogens (tertiary/aromatic N) is 1. The Balaban J connectivity index is 2.41. The van der Waals surface area contributed by atoms with Crippen LogP contribution in [0.25, 0.3) is 10.9 Å². The highest BCUT2D eigenvalue weighted by Crippen LogP contribution is 2.21. The Labute approximate surface area is 105 Å². The second kappa shape index (κ2) is 5.46. The molecule has 1 aromatic carbocycles. The van der Waals surface area contributed by atoms with Gasteiger partial charge >= 0.3 is 0 Å². The first-order valence-corrected chi connectivity index (χ1v) is 5.70. The third-order valence-corrected chi connectivity index (χ3v) is 2.54. The van der Waals surface area contributed by atoms with E-state index >= 15 is 0 Å². The van der Waals surface area contributed by atoms with Gasteiger partial charge in [0, 0.05) is 30.0 Å². The van der Waals surface area contributed by atoms with Crippen molar-refractivity contribution in [1.82, 2.24) is 4.98 Å². The molecule has 94 valence electrons. The maximum atomic E-state index is 8.70. The zero-order chi connectivity index (χ0) is 13.0. The van der Waals surface area contributed by atoms with Gasteiger partial charge < -0.3 is 15.6 Å². The van der Waals surface area contributed by atoms with Crippen molar-refractivity contribution in [1.29, 1.82) is 5.41 Å². The number of aromatic nitrogens is 1. The summed E-state index contributed by atoms with van der Waals surface area (Å²) in [5.74, 6) is 0.410. The van der Waals surface area contributed by atoms with Crippen molar-refractivity contribution in [2.45, 2.75) is 6.42 Å². The number of amidine groups is 1. The Morgan fingerprint density at radius 3 is 2.89 bits per heavy atom. The summed E-state index contributed by atoms with van der Waals surface area (Å²) in [7, 11) is 0. The summed E-state index contributed by atoms with van der Waals surface area (Å²) in [6.07, 6.45) is 0.546. The molecule has 1 aromatic heterocycles. The first-order valence-electron chi connectivity index (χ1n) is 5.70. The smallest absolute Gasteiger partial charge is 0.214 e. The topological polar surface area (TPSA) is 92.2 Å². The van der Waals surface area contributed by atoms with Gasteiger partial charge in [-0.05, 0) is 6.07 Å². The zero-order valence-electron chi connectivity index (χ0n) is 9.89. The van der Waals surface area contributed by atoms with Crippen LogP contribution in [-0.4, -0.2) is 29.1 Å². The lowest BCUT2D eigenvalue weighted by atomic mass is 10.1. The van der Waals surface area contributed by atoms with Gasteiger partial charge in [0.2, 0.25) is 5.88 Å². The summed E-state index contributed by atoms with van der Waals surface area (Å²) in [6.45, 7) is 0.465. The van der Waals surface area contributed by atoms with Crippen molar-refractivity contribution in [3.8, 4) is 5.88 Å². The number of hydrogen-bond acceptors (Lipinski definition) is 4. The highest BCUT2D eigenvalue weighted by molar-refractivity contribution is 6.06. The van der Waals surface area contributed by atoms with Crippen LogP contribution in [0.15, 0.2) is 30.3 Å².